The lowest BCUT2D eigenvalue weighted by atomic mass is 10.1. The molecule has 2 N–H and O–H groups in total. The molecule has 0 bridgehead atoms. The number of guanidine groups is 1. The number of nitrogens with one attached hydrogen (secondary N) is 2. The van der Waals surface area contributed by atoms with Crippen LogP contribution in [-0.4, -0.2) is 18.0 Å². The maximum absolute atomic E-state index is 5.76. The summed E-state index contributed by atoms with van der Waals surface area (Å²) in [5.74, 6) is 1.68. The lowest BCUT2D eigenvalue weighted by Gasteiger charge is -2.23. The second-order valence-corrected chi connectivity index (χ2v) is 5.82. The quantitative estimate of drug-likeness (QED) is 0.666. The third-order valence-corrected chi connectivity index (χ3v) is 2.71. The topological polar surface area (TPSA) is 49.6 Å². The maximum Gasteiger partial charge on any atom is 0.192 e. The highest BCUT2D eigenvalue weighted by Crippen LogP contribution is 2.19. The Morgan fingerprint density at radius 3 is 2.65 bits per heavy atom. The van der Waals surface area contributed by atoms with Gasteiger partial charge in [-0.05, 0) is 39.8 Å². The van der Waals surface area contributed by atoms with E-state index in [1.165, 1.54) is 0 Å². The smallest absolute Gasteiger partial charge is 0.192 e. The van der Waals surface area contributed by atoms with Crippen molar-refractivity contribution in [3.63, 3.8) is 0 Å². The van der Waals surface area contributed by atoms with Crippen LogP contribution in [-0.2, 0) is 6.54 Å². The SMILES string of the molecule is CCNC(=NCc1cc2ccccc2o1)NC(C)(C)C. The first kappa shape index (κ1) is 14.4. The zero-order chi connectivity index (χ0) is 14.6. The van der Waals surface area contributed by atoms with Gasteiger partial charge >= 0.3 is 0 Å². The van der Waals surface area contributed by atoms with E-state index < -0.39 is 0 Å². The number of aliphatic imine (C=N–C) groups is 1. The lowest BCUT2D eigenvalue weighted by Crippen LogP contribution is -2.47. The van der Waals surface area contributed by atoms with Crippen LogP contribution in [0.4, 0.5) is 0 Å². The van der Waals surface area contributed by atoms with Crippen molar-refractivity contribution in [2.45, 2.75) is 39.8 Å². The molecular formula is C16H23N3O. The number of para-hydroxylation sites is 1. The van der Waals surface area contributed by atoms with Gasteiger partial charge in [-0.2, -0.15) is 0 Å². The molecule has 0 atom stereocenters. The summed E-state index contributed by atoms with van der Waals surface area (Å²) in [5, 5.41) is 7.72. The van der Waals surface area contributed by atoms with E-state index in [0.717, 1.165) is 29.2 Å². The molecule has 0 amide bonds. The highest BCUT2D eigenvalue weighted by atomic mass is 16.3. The molecule has 1 aromatic carbocycles. The molecule has 2 aromatic rings. The maximum atomic E-state index is 5.76. The average molecular weight is 273 g/mol. The number of hydrogen-bond donors (Lipinski definition) is 2. The van der Waals surface area contributed by atoms with Crippen LogP contribution in [0.2, 0.25) is 0 Å². The first-order valence-corrected chi connectivity index (χ1v) is 7.02. The van der Waals surface area contributed by atoms with Crippen LogP contribution >= 0.6 is 0 Å². The van der Waals surface area contributed by atoms with E-state index in [2.05, 4.69) is 43.3 Å². The van der Waals surface area contributed by atoms with Crippen molar-refractivity contribution in [3.05, 3.63) is 36.1 Å². The van der Waals surface area contributed by atoms with Crippen LogP contribution in [0.25, 0.3) is 11.0 Å². The molecule has 1 heterocycles. The number of benzene rings is 1. The normalized spacial score (nSPS) is 12.7. The first-order chi connectivity index (χ1) is 9.48. The summed E-state index contributed by atoms with van der Waals surface area (Å²) in [7, 11) is 0. The summed E-state index contributed by atoms with van der Waals surface area (Å²) < 4.78 is 5.76. The lowest BCUT2D eigenvalue weighted by molar-refractivity contribution is 0.498. The van der Waals surface area contributed by atoms with Crippen molar-refractivity contribution in [2.24, 2.45) is 4.99 Å². The van der Waals surface area contributed by atoms with Crippen molar-refractivity contribution in [3.8, 4) is 0 Å². The van der Waals surface area contributed by atoms with Gasteiger partial charge in [0.2, 0.25) is 0 Å². The Labute approximate surface area is 120 Å². The van der Waals surface area contributed by atoms with Crippen LogP contribution in [0, 0.1) is 0 Å². The van der Waals surface area contributed by atoms with Gasteiger partial charge in [-0.15, -0.1) is 0 Å². The Morgan fingerprint density at radius 2 is 2.00 bits per heavy atom. The molecular weight excluding hydrogens is 250 g/mol. The van der Waals surface area contributed by atoms with Crippen LogP contribution in [0.3, 0.4) is 0 Å². The van der Waals surface area contributed by atoms with Gasteiger partial charge < -0.3 is 15.1 Å². The van der Waals surface area contributed by atoms with E-state index >= 15 is 0 Å². The third-order valence-electron chi connectivity index (χ3n) is 2.71. The zero-order valence-corrected chi connectivity index (χ0v) is 12.7. The fourth-order valence-electron chi connectivity index (χ4n) is 1.93. The fourth-order valence-corrected chi connectivity index (χ4v) is 1.93. The summed E-state index contributed by atoms with van der Waals surface area (Å²) in [6, 6.07) is 10.0. The Balaban J connectivity index is 2.11. The van der Waals surface area contributed by atoms with Gasteiger partial charge in [0, 0.05) is 17.5 Å². The summed E-state index contributed by atoms with van der Waals surface area (Å²) in [6.45, 7) is 9.76. The number of nitrogens with zero attached hydrogens (tertiary/aromatic N) is 1. The number of hydrogen-bond acceptors (Lipinski definition) is 2. The monoisotopic (exact) mass is 273 g/mol. The van der Waals surface area contributed by atoms with Gasteiger partial charge in [0.1, 0.15) is 17.9 Å². The molecule has 0 aliphatic carbocycles. The number of rotatable bonds is 3. The van der Waals surface area contributed by atoms with Crippen LogP contribution in [0.1, 0.15) is 33.5 Å². The average Bonchev–Trinajstić information content (AvgIpc) is 2.77. The van der Waals surface area contributed by atoms with E-state index in [9.17, 15) is 0 Å². The minimum absolute atomic E-state index is 0.0190. The standard InChI is InChI=1S/C16H23N3O/c1-5-17-15(19-16(2,3)4)18-11-13-10-12-8-6-7-9-14(12)20-13/h6-10H,5,11H2,1-4H3,(H2,17,18,19). The third kappa shape index (κ3) is 4.02. The van der Waals surface area contributed by atoms with Gasteiger partial charge in [0.05, 0.1) is 0 Å². The van der Waals surface area contributed by atoms with Crippen molar-refractivity contribution >= 4 is 16.9 Å². The molecule has 0 aliphatic rings. The minimum Gasteiger partial charge on any atom is -0.459 e. The second-order valence-electron chi connectivity index (χ2n) is 5.82. The Bertz CT molecular complexity index is 560. The molecule has 1 aromatic heterocycles. The molecule has 4 heteroatoms. The molecule has 0 unspecified atom stereocenters. The predicted molar refractivity (Wildman–Crippen MR) is 83.9 cm³/mol. The van der Waals surface area contributed by atoms with E-state index in [1.54, 1.807) is 0 Å². The zero-order valence-electron chi connectivity index (χ0n) is 12.7. The van der Waals surface area contributed by atoms with E-state index in [-0.39, 0.29) is 5.54 Å². The van der Waals surface area contributed by atoms with Gasteiger partial charge in [0.15, 0.2) is 5.96 Å². The first-order valence-electron chi connectivity index (χ1n) is 7.02. The van der Waals surface area contributed by atoms with Gasteiger partial charge in [-0.3, -0.25) is 0 Å². The predicted octanol–water partition coefficient (Wildman–Crippen LogP) is 3.29. The second kappa shape index (κ2) is 5.99. The van der Waals surface area contributed by atoms with E-state index in [1.807, 2.05) is 30.3 Å². The molecule has 20 heavy (non-hydrogen) atoms. The summed E-state index contributed by atoms with van der Waals surface area (Å²) in [5.41, 5.74) is 0.890. The van der Waals surface area contributed by atoms with E-state index in [0.29, 0.717) is 6.54 Å². The Morgan fingerprint density at radius 1 is 1.25 bits per heavy atom. The van der Waals surface area contributed by atoms with Crippen LogP contribution < -0.4 is 10.6 Å². The minimum atomic E-state index is -0.0190. The molecule has 0 fully saturated rings. The summed E-state index contributed by atoms with van der Waals surface area (Å²) in [4.78, 5) is 4.57. The molecule has 108 valence electrons. The fraction of sp³-hybridized carbons (Fsp3) is 0.438. The number of furan rings is 1. The van der Waals surface area contributed by atoms with Gasteiger partial charge in [0.25, 0.3) is 0 Å². The molecule has 2 rings (SSSR count). The van der Waals surface area contributed by atoms with Crippen molar-refractivity contribution < 1.29 is 4.42 Å². The molecule has 0 radical (unpaired) electrons. The Hall–Kier alpha value is -1.97. The van der Waals surface area contributed by atoms with Crippen molar-refractivity contribution in [1.82, 2.24) is 10.6 Å². The van der Waals surface area contributed by atoms with Crippen LogP contribution in [0.15, 0.2) is 39.7 Å². The van der Waals surface area contributed by atoms with Gasteiger partial charge in [-0.1, -0.05) is 18.2 Å². The van der Waals surface area contributed by atoms with E-state index in [4.69, 9.17) is 4.42 Å². The Kier molecular flexibility index (Phi) is 4.32. The summed E-state index contributed by atoms with van der Waals surface area (Å²) in [6.07, 6.45) is 0. The van der Waals surface area contributed by atoms with Crippen molar-refractivity contribution in [1.29, 1.82) is 0 Å². The van der Waals surface area contributed by atoms with Gasteiger partial charge in [-0.25, -0.2) is 4.99 Å². The van der Waals surface area contributed by atoms with Crippen molar-refractivity contribution in [2.75, 3.05) is 6.54 Å². The highest BCUT2D eigenvalue weighted by Gasteiger charge is 2.11. The molecule has 0 saturated carbocycles. The number of fused-ring (bicyclic) bond motifs is 1. The molecule has 0 aliphatic heterocycles. The highest BCUT2D eigenvalue weighted by molar-refractivity contribution is 5.81. The molecule has 0 spiro atoms. The summed E-state index contributed by atoms with van der Waals surface area (Å²) >= 11 is 0. The molecule has 4 nitrogen and oxygen atoms in total. The van der Waals surface area contributed by atoms with Crippen LogP contribution in [0.5, 0.6) is 0 Å². The largest absolute Gasteiger partial charge is 0.459 e. The molecule has 0 saturated heterocycles.